The van der Waals surface area contributed by atoms with Crippen molar-refractivity contribution in [2.24, 2.45) is 0 Å². The molecule has 2 aliphatic heterocycles. The van der Waals surface area contributed by atoms with Gasteiger partial charge in [0.25, 0.3) is 0 Å². The molecule has 3 aromatic rings. The van der Waals surface area contributed by atoms with Crippen LogP contribution in [0, 0.1) is 6.92 Å². The summed E-state index contributed by atoms with van der Waals surface area (Å²) in [6.45, 7) is 13.2. The second-order valence-corrected chi connectivity index (χ2v) is 10.1. The number of para-hydroxylation sites is 1. The lowest BCUT2D eigenvalue weighted by Gasteiger charge is -2.32. The molecule has 37 heavy (non-hydrogen) atoms. The van der Waals surface area contributed by atoms with E-state index in [9.17, 15) is 0 Å². The van der Waals surface area contributed by atoms with Crippen LogP contribution in [0.1, 0.15) is 55.8 Å². The highest BCUT2D eigenvalue weighted by Gasteiger charge is 2.21. The summed E-state index contributed by atoms with van der Waals surface area (Å²) in [7, 11) is 0. The van der Waals surface area contributed by atoms with Crippen molar-refractivity contribution in [1.82, 2.24) is 25.3 Å². The highest BCUT2D eigenvalue weighted by Crippen LogP contribution is 2.26. The predicted octanol–water partition coefficient (Wildman–Crippen LogP) is 4.58. The van der Waals surface area contributed by atoms with E-state index >= 15 is 0 Å². The Morgan fingerprint density at radius 1 is 1.14 bits per heavy atom. The summed E-state index contributed by atoms with van der Waals surface area (Å²) in [5.41, 5.74) is 8.58. The van der Waals surface area contributed by atoms with Gasteiger partial charge in [-0.05, 0) is 64.1 Å². The molecule has 0 saturated carbocycles. The smallest absolute Gasteiger partial charge is 0.225 e. The lowest BCUT2D eigenvalue weighted by atomic mass is 10.0. The van der Waals surface area contributed by atoms with Crippen LogP contribution < -0.4 is 15.7 Å². The van der Waals surface area contributed by atoms with Crippen molar-refractivity contribution in [1.29, 1.82) is 0 Å². The molecule has 1 unspecified atom stereocenters. The fourth-order valence-corrected chi connectivity index (χ4v) is 5.55. The van der Waals surface area contributed by atoms with Crippen molar-refractivity contribution in [2.45, 2.75) is 71.2 Å². The molecule has 0 amide bonds. The second kappa shape index (κ2) is 12.1. The first kappa shape index (κ1) is 25.7. The minimum absolute atomic E-state index is 0.221. The van der Waals surface area contributed by atoms with Crippen molar-refractivity contribution in [3.05, 3.63) is 60.1 Å². The van der Waals surface area contributed by atoms with Crippen molar-refractivity contribution in [3.63, 3.8) is 0 Å². The van der Waals surface area contributed by atoms with E-state index in [1.807, 2.05) is 12.4 Å². The van der Waals surface area contributed by atoms with Gasteiger partial charge in [0.05, 0.1) is 5.70 Å². The Bertz CT molecular complexity index is 1180. The summed E-state index contributed by atoms with van der Waals surface area (Å²) in [4.78, 5) is 17.1. The number of nitrogens with one attached hydrogen (secondary N) is 2. The van der Waals surface area contributed by atoms with Gasteiger partial charge in [-0.15, -0.1) is 0 Å². The molecule has 2 aromatic heterocycles. The minimum atomic E-state index is -0.221. The highest BCUT2D eigenvalue weighted by atomic mass is 16.8. The molecule has 0 bridgehead atoms. The van der Waals surface area contributed by atoms with Gasteiger partial charge in [-0.1, -0.05) is 24.8 Å². The van der Waals surface area contributed by atoms with Crippen LogP contribution in [-0.4, -0.2) is 53.1 Å². The quantitative estimate of drug-likeness (QED) is 0.392. The highest BCUT2D eigenvalue weighted by molar-refractivity contribution is 5.85. The second-order valence-electron chi connectivity index (χ2n) is 10.1. The maximum Gasteiger partial charge on any atom is 0.225 e. The summed E-state index contributed by atoms with van der Waals surface area (Å²) in [5, 5.41) is 5.20. The van der Waals surface area contributed by atoms with E-state index in [4.69, 9.17) is 9.57 Å². The number of rotatable bonds is 10. The van der Waals surface area contributed by atoms with Crippen LogP contribution >= 0.6 is 0 Å². The maximum absolute atomic E-state index is 5.61. The maximum atomic E-state index is 5.61. The molecule has 0 spiro atoms. The topological polar surface area (TPSA) is 76.5 Å². The van der Waals surface area contributed by atoms with E-state index in [2.05, 4.69) is 74.9 Å². The molecule has 4 heterocycles. The van der Waals surface area contributed by atoms with Gasteiger partial charge in [0, 0.05) is 73.3 Å². The van der Waals surface area contributed by atoms with Crippen LogP contribution in [0.2, 0.25) is 0 Å². The molecule has 2 saturated heterocycles. The molecule has 2 N–H and O–H groups in total. The first-order valence-electron chi connectivity index (χ1n) is 13.7. The Hall–Kier alpha value is -2.94. The monoisotopic (exact) mass is 504 g/mol. The third-order valence-electron chi connectivity index (χ3n) is 7.70. The molecule has 8 heteroatoms. The number of hydroxylamine groups is 1. The number of hydrogen-bond acceptors (Lipinski definition) is 7. The summed E-state index contributed by atoms with van der Waals surface area (Å²) >= 11 is 0. The third-order valence-corrected chi connectivity index (χ3v) is 7.70. The molecular formula is C29H40N6O2. The van der Waals surface area contributed by atoms with Crippen LogP contribution in [-0.2, 0) is 22.5 Å². The number of hydrogen-bond donors (Lipinski definition) is 2. The Labute approximate surface area is 220 Å². The molecule has 2 aliphatic rings. The van der Waals surface area contributed by atoms with Crippen molar-refractivity contribution >= 4 is 22.5 Å². The zero-order valence-corrected chi connectivity index (χ0v) is 22.2. The Kier molecular flexibility index (Phi) is 8.38. The number of aromatic nitrogens is 3. The average Bonchev–Trinajstić information content (AvgIpc) is 3.23. The van der Waals surface area contributed by atoms with Crippen LogP contribution in [0.25, 0.3) is 16.6 Å². The van der Waals surface area contributed by atoms with Crippen molar-refractivity contribution in [2.75, 3.05) is 31.1 Å². The normalized spacial score (nSPS) is 18.9. The third kappa shape index (κ3) is 5.98. The van der Waals surface area contributed by atoms with Gasteiger partial charge < -0.3 is 19.5 Å². The zero-order valence-electron chi connectivity index (χ0n) is 22.2. The molecule has 2 fully saturated rings. The van der Waals surface area contributed by atoms with Crippen LogP contribution in [0.3, 0.4) is 0 Å². The van der Waals surface area contributed by atoms with E-state index in [-0.39, 0.29) is 6.29 Å². The summed E-state index contributed by atoms with van der Waals surface area (Å²) in [5.74, 6) is 0.773. The molecule has 1 atom stereocenters. The summed E-state index contributed by atoms with van der Waals surface area (Å²) in [6, 6.07) is 9.31. The van der Waals surface area contributed by atoms with Gasteiger partial charge in [-0.25, -0.2) is 14.8 Å². The lowest BCUT2D eigenvalue weighted by Crippen LogP contribution is -2.43. The van der Waals surface area contributed by atoms with E-state index in [1.165, 1.54) is 22.2 Å². The van der Waals surface area contributed by atoms with E-state index < -0.39 is 0 Å². The van der Waals surface area contributed by atoms with Gasteiger partial charge in [-0.3, -0.25) is 5.48 Å². The van der Waals surface area contributed by atoms with Gasteiger partial charge in [0.2, 0.25) is 5.95 Å². The summed E-state index contributed by atoms with van der Waals surface area (Å²) < 4.78 is 8.00. The number of aryl methyl sites for hydroxylation is 1. The first-order valence-corrected chi connectivity index (χ1v) is 13.7. The van der Waals surface area contributed by atoms with Gasteiger partial charge in [-0.2, -0.15) is 0 Å². The molecule has 8 nitrogen and oxygen atoms in total. The van der Waals surface area contributed by atoms with Crippen LogP contribution in [0.15, 0.2) is 43.2 Å². The summed E-state index contributed by atoms with van der Waals surface area (Å²) in [6.07, 6.45) is 9.73. The zero-order chi connectivity index (χ0) is 25.6. The fraction of sp³-hybridized carbons (Fsp3) is 0.517. The lowest BCUT2D eigenvalue weighted by molar-refractivity contribution is -0.184. The molecule has 198 valence electrons. The molecule has 0 aliphatic carbocycles. The predicted molar refractivity (Wildman–Crippen MR) is 148 cm³/mol. The molecule has 0 radical (unpaired) electrons. The SMILES string of the molecule is C=C(NOC1CCCCO1)c1cnc(N2CCC(NCCc3c(C)n(CC)c4ccccc34)CC2)nc1. The molecule has 1 aromatic carbocycles. The van der Waals surface area contributed by atoms with Crippen molar-refractivity contribution < 1.29 is 9.57 Å². The van der Waals surface area contributed by atoms with Gasteiger partial charge in [0.1, 0.15) is 0 Å². The molecular weight excluding hydrogens is 464 g/mol. The number of ether oxygens (including phenoxy) is 1. The van der Waals surface area contributed by atoms with Crippen LogP contribution in [0.5, 0.6) is 0 Å². The number of fused-ring (bicyclic) bond motifs is 1. The van der Waals surface area contributed by atoms with E-state index in [0.717, 1.165) is 82.8 Å². The molecule has 5 rings (SSSR count). The minimum Gasteiger partial charge on any atom is -0.350 e. The Balaban J connectivity index is 1.07. The van der Waals surface area contributed by atoms with Crippen LogP contribution in [0.4, 0.5) is 5.95 Å². The van der Waals surface area contributed by atoms with E-state index in [1.54, 1.807) is 0 Å². The Morgan fingerprint density at radius 3 is 2.65 bits per heavy atom. The van der Waals surface area contributed by atoms with Gasteiger partial charge in [0.15, 0.2) is 6.29 Å². The largest absolute Gasteiger partial charge is 0.350 e. The average molecular weight is 505 g/mol. The number of benzene rings is 1. The Morgan fingerprint density at radius 2 is 1.92 bits per heavy atom. The van der Waals surface area contributed by atoms with Crippen molar-refractivity contribution in [3.8, 4) is 0 Å². The number of piperidine rings is 1. The number of nitrogens with zero attached hydrogens (tertiary/aromatic N) is 4. The first-order chi connectivity index (χ1) is 18.1. The number of anilines is 1. The fourth-order valence-electron chi connectivity index (χ4n) is 5.55. The van der Waals surface area contributed by atoms with Gasteiger partial charge >= 0.3 is 0 Å². The standard InChI is InChI=1S/C29H40N6O2/c1-4-35-22(3)25(26-9-5-6-10-27(26)35)12-15-30-24-13-16-34(17-14-24)29-31-19-23(20-32-29)21(2)33-37-28-11-7-8-18-36-28/h5-6,9-10,19-20,24,28,30,33H,2,4,7-8,11-18H2,1,3H3. The van der Waals surface area contributed by atoms with E-state index in [0.29, 0.717) is 11.7 Å².